The molecule has 1 amide bonds. The molecule has 0 spiro atoms. The van der Waals surface area contributed by atoms with Crippen molar-refractivity contribution in [2.45, 2.75) is 43.7 Å². The highest BCUT2D eigenvalue weighted by Gasteiger charge is 2.43. The maximum atomic E-state index is 13.5. The number of rotatable bonds is 7. The van der Waals surface area contributed by atoms with Gasteiger partial charge in [-0.25, -0.2) is 10.1 Å². The fourth-order valence-corrected chi connectivity index (χ4v) is 5.17. The Labute approximate surface area is 219 Å². The molecule has 0 bridgehead atoms. The number of anilines is 1. The van der Waals surface area contributed by atoms with E-state index >= 15 is 0 Å². The molecule has 2 aliphatic rings. The van der Waals surface area contributed by atoms with Crippen molar-refractivity contribution in [3.63, 3.8) is 0 Å². The number of amides is 1. The fourth-order valence-electron chi connectivity index (χ4n) is 5.17. The predicted molar refractivity (Wildman–Crippen MR) is 127 cm³/mol. The van der Waals surface area contributed by atoms with Gasteiger partial charge >= 0.3 is 12.4 Å². The van der Waals surface area contributed by atoms with Crippen LogP contribution < -0.4 is 10.5 Å². The minimum atomic E-state index is -4.81. The van der Waals surface area contributed by atoms with Gasteiger partial charge in [-0.2, -0.15) is 31.4 Å². The number of carbonyl (C=O) groups excluding carboxylic acids is 1. The maximum absolute atomic E-state index is 13.5. The van der Waals surface area contributed by atoms with Crippen molar-refractivity contribution >= 4 is 11.7 Å². The van der Waals surface area contributed by atoms with E-state index in [4.69, 9.17) is 4.74 Å². The molecule has 15 heteroatoms. The van der Waals surface area contributed by atoms with Crippen molar-refractivity contribution in [2.24, 2.45) is 0 Å². The van der Waals surface area contributed by atoms with Crippen LogP contribution in [0.15, 0.2) is 23.1 Å². The van der Waals surface area contributed by atoms with Crippen molar-refractivity contribution in [3.8, 4) is 0 Å². The van der Waals surface area contributed by atoms with Gasteiger partial charge in [0.05, 0.1) is 23.9 Å². The topological polar surface area (TPSA) is 94.7 Å². The Morgan fingerprint density at radius 1 is 1.15 bits per heavy atom. The molecule has 3 heterocycles. The Hall–Kier alpha value is -3.20. The van der Waals surface area contributed by atoms with Crippen LogP contribution in [0.25, 0.3) is 0 Å². The van der Waals surface area contributed by atoms with E-state index in [1.165, 1.54) is 13.2 Å². The van der Waals surface area contributed by atoms with Crippen LogP contribution in [0.4, 0.5) is 32.2 Å². The molecule has 1 unspecified atom stereocenters. The summed E-state index contributed by atoms with van der Waals surface area (Å²) < 4.78 is 84.2. The molecule has 39 heavy (non-hydrogen) atoms. The first-order valence-corrected chi connectivity index (χ1v) is 12.3. The number of aromatic nitrogens is 3. The van der Waals surface area contributed by atoms with E-state index in [0.717, 1.165) is 12.3 Å². The molecule has 0 radical (unpaired) electrons. The third-order valence-electron chi connectivity index (χ3n) is 7.25. The summed E-state index contributed by atoms with van der Waals surface area (Å²) in [6.07, 6.45) is -8.15. The van der Waals surface area contributed by atoms with E-state index in [2.05, 4.69) is 10.1 Å². The van der Waals surface area contributed by atoms with Crippen molar-refractivity contribution in [1.82, 2.24) is 25.0 Å². The van der Waals surface area contributed by atoms with E-state index in [9.17, 15) is 35.9 Å². The van der Waals surface area contributed by atoms with Crippen molar-refractivity contribution in [3.05, 3.63) is 51.1 Å². The zero-order chi connectivity index (χ0) is 28.5. The lowest BCUT2D eigenvalue weighted by molar-refractivity contribution is -0.139. The molecule has 2 aromatic rings. The number of H-pyrrole nitrogens is 1. The number of hydrogen-bond acceptors (Lipinski definition) is 7. The summed E-state index contributed by atoms with van der Waals surface area (Å²) >= 11 is 0. The molecule has 0 saturated carbocycles. The van der Waals surface area contributed by atoms with Gasteiger partial charge in [0.1, 0.15) is 11.4 Å². The third-order valence-corrected chi connectivity index (χ3v) is 7.25. The summed E-state index contributed by atoms with van der Waals surface area (Å²) in [6, 6.07) is 1.24. The van der Waals surface area contributed by atoms with Crippen LogP contribution in [0.2, 0.25) is 0 Å². The van der Waals surface area contributed by atoms with Crippen molar-refractivity contribution < 1.29 is 35.9 Å². The standard InChI is InChI=1S/C24H28F6N6O3/c1-34(17-5-4-16-20(24(28,29)30)22(38)33-32-21(16)17)15(13-39-2)11-19(37)36-9-7-35(8-10-36)18-6-3-14(12-31-18)23(25,26)27/h3,6,12,15,17H,4-5,7-11,13H2,1-2H3,(H,33,38)/t15-,17?/m0/s1. The minimum Gasteiger partial charge on any atom is -0.383 e. The van der Waals surface area contributed by atoms with Gasteiger partial charge in [-0.1, -0.05) is 0 Å². The second kappa shape index (κ2) is 11.1. The van der Waals surface area contributed by atoms with Crippen LogP contribution in [0, 0.1) is 0 Å². The number of ether oxygens (including phenoxy) is 1. The Balaban J connectivity index is 1.40. The number of halogens is 6. The van der Waals surface area contributed by atoms with Gasteiger partial charge in [0.25, 0.3) is 5.56 Å². The number of hydrogen-bond donors (Lipinski definition) is 1. The van der Waals surface area contributed by atoms with Gasteiger partial charge in [0, 0.05) is 51.9 Å². The summed E-state index contributed by atoms with van der Waals surface area (Å²) in [6.45, 7) is 1.55. The number of likely N-dealkylation sites (N-methyl/N-ethyl adjacent to an activating group) is 1. The van der Waals surface area contributed by atoms with Gasteiger partial charge in [-0.3, -0.25) is 14.5 Å². The normalized spacial score (nSPS) is 18.9. The number of carbonyl (C=O) groups is 1. The Bertz CT molecular complexity index is 1220. The molecule has 1 N–H and O–H groups in total. The molecule has 9 nitrogen and oxygen atoms in total. The molecule has 214 valence electrons. The zero-order valence-corrected chi connectivity index (χ0v) is 21.3. The molecular weight excluding hydrogens is 534 g/mol. The van der Waals surface area contributed by atoms with Crippen LogP contribution in [0.3, 0.4) is 0 Å². The monoisotopic (exact) mass is 562 g/mol. The van der Waals surface area contributed by atoms with Crippen molar-refractivity contribution in [1.29, 1.82) is 0 Å². The minimum absolute atomic E-state index is 0.0314. The fraction of sp³-hybridized carbons (Fsp3) is 0.583. The van der Waals surface area contributed by atoms with Gasteiger partial charge in [0.15, 0.2) is 0 Å². The highest BCUT2D eigenvalue weighted by atomic mass is 19.4. The summed E-state index contributed by atoms with van der Waals surface area (Å²) in [5.41, 5.74) is -3.34. The zero-order valence-electron chi connectivity index (χ0n) is 21.3. The number of methoxy groups -OCH3 is 1. The molecule has 0 aromatic carbocycles. The molecule has 1 aliphatic heterocycles. The number of fused-ring (bicyclic) bond motifs is 1. The highest BCUT2D eigenvalue weighted by Crippen LogP contribution is 2.40. The Kier molecular flexibility index (Phi) is 8.21. The lowest BCUT2D eigenvalue weighted by atomic mass is 10.1. The number of nitrogens with one attached hydrogen (secondary N) is 1. The van der Waals surface area contributed by atoms with Crippen LogP contribution in [0.5, 0.6) is 0 Å². The van der Waals surface area contributed by atoms with Crippen LogP contribution in [-0.4, -0.2) is 83.9 Å². The molecule has 1 aliphatic carbocycles. The largest absolute Gasteiger partial charge is 0.422 e. The average Bonchev–Trinajstić information content (AvgIpc) is 3.30. The average molecular weight is 563 g/mol. The smallest absolute Gasteiger partial charge is 0.383 e. The number of nitrogens with zero attached hydrogens (tertiary/aromatic N) is 5. The second-order valence-corrected chi connectivity index (χ2v) is 9.59. The number of piperazine rings is 1. The summed E-state index contributed by atoms with van der Waals surface area (Å²) in [4.78, 5) is 34.1. The summed E-state index contributed by atoms with van der Waals surface area (Å²) in [7, 11) is 3.15. The predicted octanol–water partition coefficient (Wildman–Crippen LogP) is 2.88. The summed E-state index contributed by atoms with van der Waals surface area (Å²) in [5, 5.41) is 5.87. The molecule has 2 atom stereocenters. The third kappa shape index (κ3) is 6.19. The van der Waals surface area contributed by atoms with E-state index in [1.54, 1.807) is 21.7 Å². The SMILES string of the molecule is COC[C@H](CC(=O)N1CCN(c2ccc(C(F)(F)F)cn2)CC1)N(C)C1CCc2c1n[nH]c(=O)c2C(F)(F)F. The van der Waals surface area contributed by atoms with Crippen LogP contribution >= 0.6 is 0 Å². The molecule has 1 fully saturated rings. The Morgan fingerprint density at radius 2 is 1.85 bits per heavy atom. The van der Waals surface area contributed by atoms with E-state index in [-0.39, 0.29) is 36.6 Å². The first-order valence-electron chi connectivity index (χ1n) is 12.3. The first-order chi connectivity index (χ1) is 18.3. The number of pyridine rings is 1. The van der Waals surface area contributed by atoms with Gasteiger partial charge in [-0.15, -0.1) is 0 Å². The van der Waals surface area contributed by atoms with E-state index in [1.807, 2.05) is 5.10 Å². The maximum Gasteiger partial charge on any atom is 0.422 e. The highest BCUT2D eigenvalue weighted by molar-refractivity contribution is 5.77. The van der Waals surface area contributed by atoms with Crippen molar-refractivity contribution in [2.75, 3.05) is 51.8 Å². The molecule has 1 saturated heterocycles. The number of alkyl halides is 6. The van der Waals surface area contributed by atoms with E-state index < -0.39 is 41.1 Å². The second-order valence-electron chi connectivity index (χ2n) is 9.59. The van der Waals surface area contributed by atoms with E-state index in [0.29, 0.717) is 38.4 Å². The molecule has 4 rings (SSSR count). The molecule has 2 aromatic heterocycles. The van der Waals surface area contributed by atoms with Gasteiger partial charge in [-0.05, 0) is 37.6 Å². The number of aromatic amines is 1. The lowest BCUT2D eigenvalue weighted by Crippen LogP contribution is -2.51. The van der Waals surface area contributed by atoms with Crippen LogP contribution in [0.1, 0.15) is 41.3 Å². The Morgan fingerprint density at radius 3 is 2.41 bits per heavy atom. The van der Waals surface area contributed by atoms with Gasteiger partial charge < -0.3 is 14.5 Å². The quantitative estimate of drug-likeness (QED) is 0.519. The molecular formula is C24H28F6N6O3. The lowest BCUT2D eigenvalue weighted by Gasteiger charge is -2.37. The van der Waals surface area contributed by atoms with Gasteiger partial charge in [0.2, 0.25) is 5.91 Å². The van der Waals surface area contributed by atoms with Crippen LogP contribution in [-0.2, 0) is 28.3 Å². The first kappa shape index (κ1) is 28.8. The summed E-state index contributed by atoms with van der Waals surface area (Å²) in [5.74, 6) is 0.198.